The van der Waals surface area contributed by atoms with Crippen LogP contribution in [-0.2, 0) is 42.3 Å². The van der Waals surface area contributed by atoms with Crippen molar-refractivity contribution in [2.75, 3.05) is 0 Å². The van der Waals surface area contributed by atoms with Crippen molar-refractivity contribution in [2.45, 2.75) is 39.8 Å². The Balaban J connectivity index is 0. The summed E-state index contributed by atoms with van der Waals surface area (Å²) < 4.78 is 0. The van der Waals surface area contributed by atoms with Gasteiger partial charge in [-0.2, -0.15) is 0 Å². The smallest absolute Gasteiger partial charge is 0.218 e. The van der Waals surface area contributed by atoms with Crippen LogP contribution in [-0.4, -0.2) is 23.9 Å². The van der Waals surface area contributed by atoms with Gasteiger partial charge in [0.05, 0.1) is 5.91 Å². The van der Waals surface area contributed by atoms with Crippen molar-refractivity contribution in [1.29, 1.82) is 0 Å². The third kappa shape index (κ3) is 9.16. The van der Waals surface area contributed by atoms with Crippen molar-refractivity contribution in [3.05, 3.63) is 13.3 Å². The summed E-state index contributed by atoms with van der Waals surface area (Å²) in [5, 5.41) is 5.31. The third-order valence-electron chi connectivity index (χ3n) is 1.64. The second-order valence-corrected chi connectivity index (χ2v) is 4.10. The van der Waals surface area contributed by atoms with Gasteiger partial charge in [-0.15, -0.1) is 0 Å². The molecule has 0 saturated heterocycles. The molecular weight excluding hydrogens is 281 g/mol. The van der Waals surface area contributed by atoms with E-state index < -0.39 is 6.04 Å². The molecule has 0 spiro atoms. The summed E-state index contributed by atoms with van der Waals surface area (Å²) in [6.07, 6.45) is 1.36. The molecule has 0 heterocycles. The summed E-state index contributed by atoms with van der Waals surface area (Å²) >= 11 is 0. The first kappa shape index (κ1) is 18.3. The predicted octanol–water partition coefficient (Wildman–Crippen LogP) is 0.688. The number of nitrogens with one attached hydrogen (secondary N) is 2. The molecule has 0 fully saturated rings. The van der Waals surface area contributed by atoms with E-state index in [1.54, 1.807) is 13.8 Å². The normalized spacial score (nSPS) is 11.7. The fourth-order valence-corrected chi connectivity index (χ4v) is 0.906. The van der Waals surface area contributed by atoms with E-state index in [1.165, 1.54) is 6.42 Å². The number of carbonyl (C=O) groups is 2. The first-order chi connectivity index (χ1) is 6.82. The van der Waals surface area contributed by atoms with Crippen LogP contribution < -0.4 is 10.6 Å². The molecule has 0 bridgehead atoms. The van der Waals surface area contributed by atoms with Crippen LogP contribution in [0.25, 0.3) is 0 Å². The van der Waals surface area contributed by atoms with Gasteiger partial charge in [0.2, 0.25) is 5.91 Å². The summed E-state index contributed by atoms with van der Waals surface area (Å²) in [5.41, 5.74) is 0. The number of amides is 2. The van der Waals surface area contributed by atoms with Gasteiger partial charge in [0.15, 0.2) is 0 Å². The zero-order valence-electron chi connectivity index (χ0n) is 10.4. The molecule has 0 aliphatic heterocycles. The minimum absolute atomic E-state index is 0. The molecule has 16 heavy (non-hydrogen) atoms. The van der Waals surface area contributed by atoms with Crippen LogP contribution in [0.15, 0.2) is 0 Å². The first-order valence-electron chi connectivity index (χ1n) is 5.11. The van der Waals surface area contributed by atoms with Gasteiger partial charge in [0.25, 0.3) is 0 Å². The maximum atomic E-state index is 11.3. The molecule has 1 radical (unpaired) electrons. The minimum atomic E-state index is -0.487. The van der Waals surface area contributed by atoms with Gasteiger partial charge in [-0.25, -0.2) is 6.04 Å². The Kier molecular flexibility index (Phi) is 10.3. The van der Waals surface area contributed by atoms with E-state index in [4.69, 9.17) is 0 Å². The Morgan fingerprint density at radius 2 is 1.62 bits per heavy atom. The van der Waals surface area contributed by atoms with Crippen molar-refractivity contribution in [2.24, 2.45) is 5.92 Å². The van der Waals surface area contributed by atoms with Crippen molar-refractivity contribution in [1.82, 2.24) is 10.6 Å². The molecular formula is C11H20N2O2Y-2. The van der Waals surface area contributed by atoms with Crippen LogP contribution in [0.3, 0.4) is 0 Å². The Morgan fingerprint density at radius 3 is 2.00 bits per heavy atom. The van der Waals surface area contributed by atoms with Gasteiger partial charge in [0.1, 0.15) is 0 Å². The van der Waals surface area contributed by atoms with E-state index in [2.05, 4.69) is 17.6 Å². The minimum Gasteiger partial charge on any atom is -0.409 e. The average molecular weight is 301 g/mol. The molecule has 0 rings (SSSR count). The van der Waals surface area contributed by atoms with Crippen LogP contribution in [0.2, 0.25) is 0 Å². The maximum Gasteiger partial charge on any atom is 0.218 e. The van der Waals surface area contributed by atoms with Gasteiger partial charge >= 0.3 is 0 Å². The summed E-state index contributed by atoms with van der Waals surface area (Å²) in [6, 6.07) is -0.402. The number of hydrogen-bond donors (Lipinski definition) is 2. The van der Waals surface area contributed by atoms with Gasteiger partial charge in [-0.1, -0.05) is 13.8 Å². The summed E-state index contributed by atoms with van der Waals surface area (Å²) in [4.78, 5) is 22.5. The average Bonchev–Trinajstić information content (AvgIpc) is 2.00. The van der Waals surface area contributed by atoms with Crippen LogP contribution in [0.1, 0.15) is 27.7 Å². The molecule has 5 heteroatoms. The third-order valence-corrected chi connectivity index (χ3v) is 1.64. The zero-order valence-corrected chi connectivity index (χ0v) is 13.2. The molecule has 1 unspecified atom stereocenters. The van der Waals surface area contributed by atoms with Crippen molar-refractivity contribution >= 4 is 11.8 Å². The number of carbonyl (C=O) groups excluding carboxylic acids is 2. The second kappa shape index (κ2) is 9.00. The molecule has 0 aliphatic rings. The Hall–Kier alpha value is -0.0861. The maximum absolute atomic E-state index is 11.3. The van der Waals surface area contributed by atoms with Gasteiger partial charge in [-0.05, 0) is 13.8 Å². The summed E-state index contributed by atoms with van der Waals surface area (Å²) in [5.74, 6) is -0.423. The number of rotatable bonds is 5. The topological polar surface area (TPSA) is 58.2 Å². The van der Waals surface area contributed by atoms with Crippen LogP contribution in [0.4, 0.5) is 0 Å². The molecule has 2 amide bonds. The molecule has 0 saturated carbocycles. The molecule has 0 aromatic carbocycles. The second-order valence-electron chi connectivity index (χ2n) is 4.10. The van der Waals surface area contributed by atoms with Gasteiger partial charge < -0.3 is 28.8 Å². The molecule has 0 aromatic heterocycles. The fourth-order valence-electron chi connectivity index (χ4n) is 0.906. The Morgan fingerprint density at radius 1 is 1.12 bits per heavy atom. The number of hydrogen-bond acceptors (Lipinski definition) is 2. The van der Waals surface area contributed by atoms with Crippen LogP contribution >= 0.6 is 0 Å². The monoisotopic (exact) mass is 301 g/mol. The molecule has 2 N–H and O–H groups in total. The fraction of sp³-hybridized carbons (Fsp3) is 0.636. The molecule has 0 aliphatic carbocycles. The molecule has 91 valence electrons. The Bertz CT molecular complexity index is 230. The van der Waals surface area contributed by atoms with Crippen LogP contribution in [0, 0.1) is 19.3 Å². The van der Waals surface area contributed by atoms with Crippen LogP contribution in [0.5, 0.6) is 0 Å². The molecule has 0 aromatic rings. The predicted molar refractivity (Wildman–Crippen MR) is 59.7 cm³/mol. The first-order valence-corrected chi connectivity index (χ1v) is 5.11. The van der Waals surface area contributed by atoms with Gasteiger partial charge in [-0.3, -0.25) is 4.79 Å². The van der Waals surface area contributed by atoms with E-state index in [0.717, 1.165) is 0 Å². The van der Waals surface area contributed by atoms with Crippen molar-refractivity contribution in [3.8, 4) is 0 Å². The SMILES string of the molecule is [CH2-]C([CH-]C(=O)NC(C)C)NC(=O)C(C)C.[Y]. The molecule has 1 atom stereocenters. The van der Waals surface area contributed by atoms with E-state index in [0.29, 0.717) is 0 Å². The largest absolute Gasteiger partial charge is 0.409 e. The van der Waals surface area contributed by atoms with Crippen molar-refractivity contribution < 1.29 is 42.3 Å². The quantitative estimate of drug-likeness (QED) is 0.734. The molecule has 4 nitrogen and oxygen atoms in total. The van der Waals surface area contributed by atoms with Crippen molar-refractivity contribution in [3.63, 3.8) is 0 Å². The van der Waals surface area contributed by atoms with E-state index in [-0.39, 0.29) is 56.5 Å². The zero-order chi connectivity index (χ0) is 12.0. The Labute approximate surface area is 123 Å². The van der Waals surface area contributed by atoms with Gasteiger partial charge in [0, 0.05) is 44.7 Å². The van der Waals surface area contributed by atoms with E-state index in [9.17, 15) is 9.59 Å². The summed E-state index contributed by atoms with van der Waals surface area (Å²) in [6.45, 7) is 11.0. The standard InChI is InChI=1S/C11H20N2O2.Y/c1-7(2)11(15)13-9(5)6-10(14)12-8(3)4;/h6-9H,5H2,1-4H3,(H,12,14)(H,13,15);/q-2;. The van der Waals surface area contributed by atoms with E-state index in [1.807, 2.05) is 13.8 Å². The van der Waals surface area contributed by atoms with E-state index >= 15 is 0 Å². The summed E-state index contributed by atoms with van der Waals surface area (Å²) in [7, 11) is 0.